The molecule has 108 valence electrons. The molecule has 20 heavy (non-hydrogen) atoms. The van der Waals surface area contributed by atoms with E-state index in [-0.39, 0.29) is 4.90 Å². The van der Waals surface area contributed by atoms with Crippen LogP contribution in [-0.2, 0) is 16.4 Å². The third-order valence-corrected chi connectivity index (χ3v) is 5.14. The summed E-state index contributed by atoms with van der Waals surface area (Å²) < 4.78 is 27.1. The van der Waals surface area contributed by atoms with Crippen LogP contribution in [0.1, 0.15) is 17.5 Å². The van der Waals surface area contributed by atoms with E-state index in [0.717, 1.165) is 17.0 Å². The Kier molecular flexibility index (Phi) is 4.24. The summed E-state index contributed by atoms with van der Waals surface area (Å²) in [4.78, 5) is 9.45. The zero-order valence-electron chi connectivity index (χ0n) is 11.5. The first kappa shape index (κ1) is 14.7. The van der Waals surface area contributed by atoms with Gasteiger partial charge in [-0.2, -0.15) is 0 Å². The Morgan fingerprint density at radius 3 is 2.75 bits per heavy atom. The zero-order chi connectivity index (χ0) is 14.8. The highest BCUT2D eigenvalue weighted by Gasteiger charge is 2.17. The fourth-order valence-electron chi connectivity index (χ4n) is 1.69. The van der Waals surface area contributed by atoms with Gasteiger partial charge in [0.15, 0.2) is 5.13 Å². The molecule has 2 rings (SSSR count). The standard InChI is InChI=1S/C12H16N4O2S2/c1-4-10-8(2)19-12(15-10)16-20(17,18)9-5-6-14-11(7-9)13-3/h5-7H,4H2,1-3H3,(H,13,14)(H,15,16). The van der Waals surface area contributed by atoms with Crippen LogP contribution in [0.4, 0.5) is 10.9 Å². The van der Waals surface area contributed by atoms with Crippen LogP contribution in [0, 0.1) is 6.92 Å². The molecule has 8 heteroatoms. The van der Waals surface area contributed by atoms with E-state index in [0.29, 0.717) is 10.9 Å². The molecule has 0 fully saturated rings. The van der Waals surface area contributed by atoms with Crippen molar-refractivity contribution in [3.05, 3.63) is 28.9 Å². The number of pyridine rings is 1. The van der Waals surface area contributed by atoms with Gasteiger partial charge in [-0.15, -0.1) is 11.3 Å². The Morgan fingerprint density at radius 2 is 2.15 bits per heavy atom. The van der Waals surface area contributed by atoms with Crippen molar-refractivity contribution in [3.63, 3.8) is 0 Å². The number of hydrogen-bond donors (Lipinski definition) is 2. The van der Waals surface area contributed by atoms with Crippen LogP contribution in [0.3, 0.4) is 0 Å². The summed E-state index contributed by atoms with van der Waals surface area (Å²) in [6.45, 7) is 3.92. The fourth-order valence-corrected chi connectivity index (χ4v) is 3.84. The molecule has 2 heterocycles. The van der Waals surface area contributed by atoms with Crippen LogP contribution in [0.15, 0.2) is 23.2 Å². The molecule has 0 saturated carbocycles. The Labute approximate surface area is 122 Å². The molecule has 6 nitrogen and oxygen atoms in total. The van der Waals surface area contributed by atoms with Crippen LogP contribution < -0.4 is 10.0 Å². The van der Waals surface area contributed by atoms with Gasteiger partial charge in [-0.05, 0) is 19.4 Å². The molecule has 0 aliphatic heterocycles. The first-order valence-corrected chi connectivity index (χ1v) is 8.39. The summed E-state index contributed by atoms with van der Waals surface area (Å²) in [6, 6.07) is 2.92. The van der Waals surface area contributed by atoms with E-state index in [1.165, 1.54) is 29.7 Å². The van der Waals surface area contributed by atoms with Gasteiger partial charge in [0.2, 0.25) is 0 Å². The molecule has 0 radical (unpaired) electrons. The molecule has 2 aromatic rings. The van der Waals surface area contributed by atoms with Crippen molar-refractivity contribution in [2.24, 2.45) is 0 Å². The second kappa shape index (κ2) is 5.76. The number of aryl methyl sites for hydroxylation is 2. The van der Waals surface area contributed by atoms with Crippen molar-refractivity contribution in [2.45, 2.75) is 25.2 Å². The van der Waals surface area contributed by atoms with E-state index in [9.17, 15) is 8.42 Å². The maximum absolute atomic E-state index is 12.3. The molecule has 0 saturated heterocycles. The minimum Gasteiger partial charge on any atom is -0.373 e. The van der Waals surface area contributed by atoms with Crippen LogP contribution in [0.25, 0.3) is 0 Å². The molecule has 0 spiro atoms. The van der Waals surface area contributed by atoms with Gasteiger partial charge in [0.1, 0.15) is 5.82 Å². The zero-order valence-corrected chi connectivity index (χ0v) is 13.1. The monoisotopic (exact) mass is 312 g/mol. The van der Waals surface area contributed by atoms with Crippen LogP contribution in [0.5, 0.6) is 0 Å². The van der Waals surface area contributed by atoms with Crippen molar-refractivity contribution in [2.75, 3.05) is 17.1 Å². The fraction of sp³-hybridized carbons (Fsp3) is 0.333. The van der Waals surface area contributed by atoms with Crippen LogP contribution >= 0.6 is 11.3 Å². The largest absolute Gasteiger partial charge is 0.373 e. The first-order valence-electron chi connectivity index (χ1n) is 6.09. The number of thiazole rings is 1. The molecule has 0 aliphatic rings. The topological polar surface area (TPSA) is 84.0 Å². The highest BCUT2D eigenvalue weighted by Crippen LogP contribution is 2.25. The van der Waals surface area contributed by atoms with Gasteiger partial charge in [-0.1, -0.05) is 6.92 Å². The summed E-state index contributed by atoms with van der Waals surface area (Å²) in [5, 5.41) is 3.20. The van der Waals surface area contributed by atoms with Crippen molar-refractivity contribution < 1.29 is 8.42 Å². The lowest BCUT2D eigenvalue weighted by atomic mass is 10.3. The Hall–Kier alpha value is -1.67. The predicted octanol–water partition coefficient (Wildman–Crippen LogP) is 2.25. The number of sulfonamides is 1. The van der Waals surface area contributed by atoms with E-state index in [1.807, 2.05) is 13.8 Å². The smallest absolute Gasteiger partial charge is 0.263 e. The Morgan fingerprint density at radius 1 is 1.40 bits per heavy atom. The van der Waals surface area contributed by atoms with E-state index < -0.39 is 10.0 Å². The minimum atomic E-state index is -3.64. The quantitative estimate of drug-likeness (QED) is 0.884. The van der Waals surface area contributed by atoms with Crippen molar-refractivity contribution in [1.29, 1.82) is 0 Å². The molecular formula is C12H16N4O2S2. The second-order valence-electron chi connectivity index (χ2n) is 4.11. The van der Waals surface area contributed by atoms with E-state index in [4.69, 9.17) is 0 Å². The summed E-state index contributed by atoms with van der Waals surface area (Å²) in [5.41, 5.74) is 0.915. The summed E-state index contributed by atoms with van der Waals surface area (Å²) in [7, 11) is -1.96. The summed E-state index contributed by atoms with van der Waals surface area (Å²) >= 11 is 1.34. The number of nitrogens with one attached hydrogen (secondary N) is 2. The average molecular weight is 312 g/mol. The lowest BCUT2D eigenvalue weighted by Crippen LogP contribution is -2.13. The minimum absolute atomic E-state index is 0.155. The molecule has 2 N–H and O–H groups in total. The Bertz CT molecular complexity index is 710. The van der Waals surface area contributed by atoms with Crippen LogP contribution in [-0.4, -0.2) is 25.4 Å². The normalized spacial score (nSPS) is 11.3. The lowest BCUT2D eigenvalue weighted by molar-refractivity contribution is 0.601. The molecule has 0 bridgehead atoms. The van der Waals surface area contributed by atoms with Gasteiger partial charge in [-0.3, -0.25) is 4.72 Å². The number of aromatic nitrogens is 2. The van der Waals surface area contributed by atoms with Crippen molar-refractivity contribution in [1.82, 2.24) is 9.97 Å². The summed E-state index contributed by atoms with van der Waals surface area (Å²) in [6.07, 6.45) is 2.23. The summed E-state index contributed by atoms with van der Waals surface area (Å²) in [5.74, 6) is 0.498. The maximum atomic E-state index is 12.3. The van der Waals surface area contributed by atoms with Crippen LogP contribution in [0.2, 0.25) is 0 Å². The highest BCUT2D eigenvalue weighted by molar-refractivity contribution is 7.93. The maximum Gasteiger partial charge on any atom is 0.263 e. The molecule has 0 aliphatic carbocycles. The average Bonchev–Trinajstić information content (AvgIpc) is 2.78. The SMILES string of the molecule is CCc1nc(NS(=O)(=O)c2ccnc(NC)c2)sc1C. The number of nitrogens with zero attached hydrogens (tertiary/aromatic N) is 2. The highest BCUT2D eigenvalue weighted by atomic mass is 32.2. The van der Waals surface area contributed by atoms with Crippen molar-refractivity contribution in [3.8, 4) is 0 Å². The molecule has 0 atom stereocenters. The number of anilines is 2. The molecule has 0 aromatic carbocycles. The molecule has 0 amide bonds. The van der Waals surface area contributed by atoms with Gasteiger partial charge in [0, 0.05) is 24.2 Å². The molecule has 2 aromatic heterocycles. The second-order valence-corrected chi connectivity index (χ2v) is 6.99. The van der Waals surface area contributed by atoms with Gasteiger partial charge in [0.05, 0.1) is 10.6 Å². The van der Waals surface area contributed by atoms with Gasteiger partial charge in [0.25, 0.3) is 10.0 Å². The van der Waals surface area contributed by atoms with E-state index >= 15 is 0 Å². The predicted molar refractivity (Wildman–Crippen MR) is 80.8 cm³/mol. The third kappa shape index (κ3) is 3.07. The van der Waals surface area contributed by atoms with Crippen molar-refractivity contribution >= 4 is 32.3 Å². The Balaban J connectivity index is 2.30. The number of hydrogen-bond acceptors (Lipinski definition) is 6. The van der Waals surface area contributed by atoms with Gasteiger partial charge >= 0.3 is 0 Å². The third-order valence-electron chi connectivity index (χ3n) is 2.75. The van der Waals surface area contributed by atoms with E-state index in [2.05, 4.69) is 20.0 Å². The lowest BCUT2D eigenvalue weighted by Gasteiger charge is -2.06. The van der Waals surface area contributed by atoms with Gasteiger partial charge in [-0.25, -0.2) is 18.4 Å². The number of rotatable bonds is 5. The van der Waals surface area contributed by atoms with Gasteiger partial charge < -0.3 is 5.32 Å². The molecular weight excluding hydrogens is 296 g/mol. The molecule has 0 unspecified atom stereocenters. The van der Waals surface area contributed by atoms with E-state index in [1.54, 1.807) is 7.05 Å². The first-order chi connectivity index (χ1) is 9.46.